The number of anilines is 1. The zero-order valence-electron chi connectivity index (χ0n) is 14.0. The molecule has 2 amide bonds. The topological polar surface area (TPSA) is 76.0 Å². The highest BCUT2D eigenvalue weighted by molar-refractivity contribution is 6.07. The second-order valence-electron chi connectivity index (χ2n) is 6.37. The minimum atomic E-state index is -0.202. The first kappa shape index (κ1) is 15.4. The van der Waals surface area contributed by atoms with E-state index in [-0.39, 0.29) is 23.9 Å². The van der Waals surface area contributed by atoms with Gasteiger partial charge < -0.3 is 15.2 Å². The Bertz CT molecular complexity index is 978. The van der Waals surface area contributed by atoms with Gasteiger partial charge in [0.2, 0.25) is 0 Å². The molecule has 2 aromatic heterocycles. The molecule has 0 aliphatic carbocycles. The molecule has 3 aromatic rings. The van der Waals surface area contributed by atoms with Crippen LogP contribution >= 0.6 is 0 Å². The van der Waals surface area contributed by atoms with Gasteiger partial charge in [-0.05, 0) is 44.2 Å². The highest BCUT2D eigenvalue weighted by Gasteiger charge is 2.29. The third-order valence-corrected chi connectivity index (χ3v) is 4.75. The van der Waals surface area contributed by atoms with Crippen LogP contribution in [0.15, 0.2) is 48.8 Å². The van der Waals surface area contributed by atoms with E-state index >= 15 is 0 Å². The minimum absolute atomic E-state index is 0.0310. The zero-order chi connectivity index (χ0) is 17.6. The van der Waals surface area contributed by atoms with Crippen LogP contribution in [-0.4, -0.2) is 27.4 Å². The fourth-order valence-electron chi connectivity index (χ4n) is 3.24. The zero-order valence-corrected chi connectivity index (χ0v) is 14.0. The van der Waals surface area contributed by atoms with E-state index in [1.807, 2.05) is 29.7 Å². The van der Waals surface area contributed by atoms with Crippen LogP contribution in [0, 0.1) is 0 Å². The molecule has 1 aliphatic heterocycles. The third kappa shape index (κ3) is 2.55. The number of nitrogens with zero attached hydrogens (tertiary/aromatic N) is 2. The number of aromatic nitrogens is 2. The van der Waals surface area contributed by atoms with Gasteiger partial charge in [0.25, 0.3) is 11.8 Å². The summed E-state index contributed by atoms with van der Waals surface area (Å²) in [5.74, 6) is -0.283. The summed E-state index contributed by atoms with van der Waals surface area (Å²) in [5, 5.41) is 6.75. The first-order valence-corrected chi connectivity index (χ1v) is 8.22. The maximum absolute atomic E-state index is 12.5. The molecule has 0 radical (unpaired) electrons. The van der Waals surface area contributed by atoms with E-state index in [2.05, 4.69) is 22.5 Å². The van der Waals surface area contributed by atoms with Crippen LogP contribution < -0.4 is 10.6 Å². The van der Waals surface area contributed by atoms with Gasteiger partial charge in [0, 0.05) is 28.7 Å². The standard InChI is InChI=1S/C19H18N4O2/c1-11-12(2)23-16-9-14(18(24)22-15-4-3-7-20-10-15)6-5-13(16)8-17(23)19(25)21-11/h3-12H,1-2H3,(H,21,25)(H,22,24)/t11-,12+/m0/s1. The van der Waals surface area contributed by atoms with Crippen molar-refractivity contribution in [3.8, 4) is 0 Å². The summed E-state index contributed by atoms with van der Waals surface area (Å²) in [5.41, 5.74) is 2.71. The lowest BCUT2D eigenvalue weighted by atomic mass is 10.1. The summed E-state index contributed by atoms with van der Waals surface area (Å²) >= 11 is 0. The van der Waals surface area contributed by atoms with Crippen molar-refractivity contribution in [3.63, 3.8) is 0 Å². The molecule has 2 N–H and O–H groups in total. The summed E-state index contributed by atoms with van der Waals surface area (Å²) in [6, 6.07) is 11.1. The van der Waals surface area contributed by atoms with Gasteiger partial charge in [0.05, 0.1) is 17.9 Å². The van der Waals surface area contributed by atoms with Gasteiger partial charge in [-0.2, -0.15) is 0 Å². The summed E-state index contributed by atoms with van der Waals surface area (Å²) in [6.45, 7) is 4.05. The Labute approximate surface area is 144 Å². The summed E-state index contributed by atoms with van der Waals surface area (Å²) in [6.07, 6.45) is 3.26. The molecule has 25 heavy (non-hydrogen) atoms. The van der Waals surface area contributed by atoms with Gasteiger partial charge in [-0.15, -0.1) is 0 Å². The SMILES string of the molecule is C[C@@H]1NC(=O)c2cc3ccc(C(=O)Nc4cccnc4)cc3n2[C@@H]1C. The van der Waals surface area contributed by atoms with Crippen molar-refractivity contribution >= 4 is 28.4 Å². The Balaban J connectivity index is 1.75. The average molecular weight is 334 g/mol. The largest absolute Gasteiger partial charge is 0.346 e. The molecular weight excluding hydrogens is 316 g/mol. The van der Waals surface area contributed by atoms with Crippen molar-refractivity contribution in [3.05, 3.63) is 60.0 Å². The number of rotatable bonds is 2. The molecule has 3 heterocycles. The predicted octanol–water partition coefficient (Wildman–Crippen LogP) is 2.98. The molecular formula is C19H18N4O2. The van der Waals surface area contributed by atoms with Gasteiger partial charge in [-0.1, -0.05) is 6.07 Å². The molecule has 0 spiro atoms. The maximum Gasteiger partial charge on any atom is 0.268 e. The van der Waals surface area contributed by atoms with Gasteiger partial charge in [-0.3, -0.25) is 14.6 Å². The second kappa shape index (κ2) is 5.73. The highest BCUT2D eigenvalue weighted by atomic mass is 16.2. The van der Waals surface area contributed by atoms with E-state index in [0.29, 0.717) is 16.9 Å². The number of fused-ring (bicyclic) bond motifs is 3. The van der Waals surface area contributed by atoms with Crippen LogP contribution in [0.25, 0.3) is 10.9 Å². The normalized spacial score (nSPS) is 19.4. The van der Waals surface area contributed by atoms with Crippen LogP contribution in [0.5, 0.6) is 0 Å². The van der Waals surface area contributed by atoms with Crippen molar-refractivity contribution in [1.29, 1.82) is 0 Å². The maximum atomic E-state index is 12.5. The fraction of sp³-hybridized carbons (Fsp3) is 0.211. The molecule has 0 fully saturated rings. The molecule has 6 heteroatoms. The Morgan fingerprint density at radius 3 is 2.84 bits per heavy atom. The lowest BCUT2D eigenvalue weighted by Gasteiger charge is -2.30. The first-order valence-electron chi connectivity index (χ1n) is 8.22. The van der Waals surface area contributed by atoms with Crippen molar-refractivity contribution in [2.75, 3.05) is 5.32 Å². The predicted molar refractivity (Wildman–Crippen MR) is 95.8 cm³/mol. The van der Waals surface area contributed by atoms with E-state index in [9.17, 15) is 9.59 Å². The second-order valence-corrected chi connectivity index (χ2v) is 6.37. The number of hydrogen-bond donors (Lipinski definition) is 2. The van der Waals surface area contributed by atoms with Crippen molar-refractivity contribution in [2.45, 2.75) is 25.9 Å². The molecule has 126 valence electrons. The molecule has 1 aromatic carbocycles. The van der Waals surface area contributed by atoms with Crippen LogP contribution in [0.3, 0.4) is 0 Å². The summed E-state index contributed by atoms with van der Waals surface area (Å²) in [7, 11) is 0. The summed E-state index contributed by atoms with van der Waals surface area (Å²) < 4.78 is 2.01. The van der Waals surface area contributed by atoms with Crippen LogP contribution in [0.4, 0.5) is 5.69 Å². The Hall–Kier alpha value is -3.15. The monoisotopic (exact) mass is 334 g/mol. The molecule has 0 saturated heterocycles. The quantitative estimate of drug-likeness (QED) is 0.756. The Morgan fingerprint density at radius 2 is 2.08 bits per heavy atom. The third-order valence-electron chi connectivity index (χ3n) is 4.75. The summed E-state index contributed by atoms with van der Waals surface area (Å²) in [4.78, 5) is 28.8. The van der Waals surface area contributed by atoms with E-state index in [4.69, 9.17) is 0 Å². The Morgan fingerprint density at radius 1 is 1.24 bits per heavy atom. The fourth-order valence-corrected chi connectivity index (χ4v) is 3.24. The number of pyridine rings is 1. The van der Waals surface area contributed by atoms with Crippen LogP contribution in [0.1, 0.15) is 40.7 Å². The number of hydrogen-bond acceptors (Lipinski definition) is 3. The van der Waals surface area contributed by atoms with Crippen molar-refractivity contribution in [1.82, 2.24) is 14.9 Å². The lowest BCUT2D eigenvalue weighted by Crippen LogP contribution is -2.44. The molecule has 0 saturated carbocycles. The van der Waals surface area contributed by atoms with Gasteiger partial charge >= 0.3 is 0 Å². The number of benzene rings is 1. The van der Waals surface area contributed by atoms with Crippen LogP contribution in [-0.2, 0) is 0 Å². The molecule has 1 aliphatic rings. The molecule has 0 unspecified atom stereocenters. The Kier molecular flexibility index (Phi) is 3.53. The molecule has 2 atom stereocenters. The highest BCUT2D eigenvalue weighted by Crippen LogP contribution is 2.30. The van der Waals surface area contributed by atoms with E-state index in [0.717, 1.165) is 10.9 Å². The van der Waals surface area contributed by atoms with E-state index in [1.54, 1.807) is 30.6 Å². The number of carbonyl (C=O) groups excluding carboxylic acids is 2. The van der Waals surface area contributed by atoms with Gasteiger partial charge in [0.1, 0.15) is 5.69 Å². The van der Waals surface area contributed by atoms with Gasteiger partial charge in [-0.25, -0.2) is 0 Å². The average Bonchev–Trinajstić information content (AvgIpc) is 3.00. The lowest BCUT2D eigenvalue weighted by molar-refractivity contribution is 0.0891. The van der Waals surface area contributed by atoms with Crippen molar-refractivity contribution in [2.24, 2.45) is 0 Å². The molecule has 0 bridgehead atoms. The van der Waals surface area contributed by atoms with E-state index in [1.165, 1.54) is 0 Å². The van der Waals surface area contributed by atoms with Gasteiger partial charge in [0.15, 0.2) is 0 Å². The number of carbonyl (C=O) groups is 2. The molecule has 4 rings (SSSR count). The van der Waals surface area contributed by atoms with E-state index < -0.39 is 0 Å². The van der Waals surface area contributed by atoms with Crippen LogP contribution in [0.2, 0.25) is 0 Å². The van der Waals surface area contributed by atoms with Crippen molar-refractivity contribution < 1.29 is 9.59 Å². The first-order chi connectivity index (χ1) is 12.0. The number of amides is 2. The number of nitrogens with one attached hydrogen (secondary N) is 2. The minimum Gasteiger partial charge on any atom is -0.346 e. The smallest absolute Gasteiger partial charge is 0.268 e. The molecule has 6 nitrogen and oxygen atoms in total.